The Bertz CT molecular complexity index is 1070. The fourth-order valence-corrected chi connectivity index (χ4v) is 3.58. The zero-order valence-electron chi connectivity index (χ0n) is 18.1. The van der Waals surface area contributed by atoms with Gasteiger partial charge in [-0.25, -0.2) is 13.2 Å². The Morgan fingerprint density at radius 1 is 1.07 bits per heavy atom. The molecule has 0 spiro atoms. The zero-order chi connectivity index (χ0) is 22.5. The van der Waals surface area contributed by atoms with Crippen molar-refractivity contribution in [3.8, 4) is 5.75 Å². The van der Waals surface area contributed by atoms with Crippen LogP contribution in [0.2, 0.25) is 0 Å². The molecule has 0 aliphatic rings. The molecule has 10 heteroatoms. The predicted molar refractivity (Wildman–Crippen MR) is 118 cm³/mol. The second-order valence-corrected chi connectivity index (χ2v) is 9.25. The van der Waals surface area contributed by atoms with Gasteiger partial charge in [-0.1, -0.05) is 0 Å². The molecule has 30 heavy (non-hydrogen) atoms. The zero-order valence-corrected chi connectivity index (χ0v) is 18.9. The maximum Gasteiger partial charge on any atom is 0.330 e. The van der Waals surface area contributed by atoms with Gasteiger partial charge < -0.3 is 9.30 Å². The first kappa shape index (κ1) is 23.7. The molecule has 1 aromatic heterocycles. The van der Waals surface area contributed by atoms with E-state index in [1.54, 1.807) is 31.3 Å². The summed E-state index contributed by atoms with van der Waals surface area (Å²) in [5.41, 5.74) is 0.545. The lowest BCUT2D eigenvalue weighted by Crippen LogP contribution is -2.40. The number of aromatic nitrogens is 2. The van der Waals surface area contributed by atoms with E-state index in [4.69, 9.17) is 4.74 Å². The van der Waals surface area contributed by atoms with Crippen LogP contribution in [-0.2, 0) is 30.5 Å². The van der Waals surface area contributed by atoms with Gasteiger partial charge in [-0.3, -0.25) is 19.0 Å². The molecule has 0 aliphatic heterocycles. The molecule has 1 N–H and O–H groups in total. The Labute approximate surface area is 177 Å². The molecule has 0 aliphatic carbocycles. The highest BCUT2D eigenvalue weighted by atomic mass is 32.2. The number of benzene rings is 1. The van der Waals surface area contributed by atoms with E-state index in [-0.39, 0.29) is 17.3 Å². The summed E-state index contributed by atoms with van der Waals surface area (Å²) in [6.45, 7) is 5.95. The van der Waals surface area contributed by atoms with Crippen molar-refractivity contribution in [2.75, 3.05) is 30.7 Å². The first-order chi connectivity index (χ1) is 14.0. The van der Waals surface area contributed by atoms with Crippen molar-refractivity contribution in [2.24, 2.45) is 14.1 Å². The molecule has 0 unspecified atom stereocenters. The van der Waals surface area contributed by atoms with E-state index in [0.29, 0.717) is 43.2 Å². The van der Waals surface area contributed by atoms with Crippen LogP contribution >= 0.6 is 0 Å². The summed E-state index contributed by atoms with van der Waals surface area (Å²) >= 11 is 0. The molecule has 166 valence electrons. The van der Waals surface area contributed by atoms with Gasteiger partial charge in [0.15, 0.2) is 0 Å². The van der Waals surface area contributed by atoms with E-state index in [9.17, 15) is 18.0 Å². The topological polar surface area (TPSA) is 103 Å². The summed E-state index contributed by atoms with van der Waals surface area (Å²) in [5.74, 6) is 0.645. The first-order valence-electron chi connectivity index (χ1n) is 9.68. The molecule has 1 aromatic carbocycles. The van der Waals surface area contributed by atoms with Gasteiger partial charge in [0.2, 0.25) is 10.0 Å². The van der Waals surface area contributed by atoms with Gasteiger partial charge >= 0.3 is 5.69 Å². The molecule has 0 fully saturated rings. The van der Waals surface area contributed by atoms with Crippen LogP contribution in [0.15, 0.2) is 39.9 Å². The lowest BCUT2D eigenvalue weighted by atomic mass is 10.2. The number of rotatable bonds is 10. The number of ether oxygens (including phenoxy) is 1. The van der Waals surface area contributed by atoms with E-state index in [0.717, 1.165) is 10.8 Å². The first-order valence-corrected chi connectivity index (χ1v) is 11.6. The van der Waals surface area contributed by atoms with Gasteiger partial charge in [0, 0.05) is 57.1 Å². The number of nitrogens with one attached hydrogen (secondary N) is 1. The molecule has 0 amide bonds. The van der Waals surface area contributed by atoms with Crippen molar-refractivity contribution in [3.05, 3.63) is 56.9 Å². The highest BCUT2D eigenvalue weighted by Gasteiger charge is 2.12. The van der Waals surface area contributed by atoms with Crippen molar-refractivity contribution < 1.29 is 13.2 Å². The monoisotopic (exact) mass is 438 g/mol. The minimum absolute atomic E-state index is 0.263. The minimum atomic E-state index is -3.31. The van der Waals surface area contributed by atoms with Crippen molar-refractivity contribution >= 4 is 15.7 Å². The Kier molecular flexibility index (Phi) is 7.85. The minimum Gasteiger partial charge on any atom is -0.492 e. The Balaban J connectivity index is 1.93. The van der Waals surface area contributed by atoms with Crippen LogP contribution in [0.3, 0.4) is 0 Å². The molecule has 0 bridgehead atoms. The van der Waals surface area contributed by atoms with Gasteiger partial charge in [-0.2, -0.15) is 0 Å². The number of hydrogen-bond acceptors (Lipinski definition) is 6. The van der Waals surface area contributed by atoms with Crippen molar-refractivity contribution in [1.29, 1.82) is 0 Å². The molecule has 0 saturated heterocycles. The summed E-state index contributed by atoms with van der Waals surface area (Å²) in [6.07, 6.45) is 1.68. The number of anilines is 1. The smallest absolute Gasteiger partial charge is 0.330 e. The third-order valence-electron chi connectivity index (χ3n) is 4.82. The molecular weight excluding hydrogens is 408 g/mol. The van der Waals surface area contributed by atoms with Gasteiger partial charge in [0.1, 0.15) is 12.4 Å². The van der Waals surface area contributed by atoms with E-state index in [1.807, 2.05) is 0 Å². The summed E-state index contributed by atoms with van der Waals surface area (Å²) in [6, 6.07) is 8.48. The average Bonchev–Trinajstić information content (AvgIpc) is 2.66. The van der Waals surface area contributed by atoms with Gasteiger partial charge in [-0.05, 0) is 38.1 Å². The maximum absolute atomic E-state index is 12.1. The Morgan fingerprint density at radius 2 is 1.70 bits per heavy atom. The lowest BCUT2D eigenvalue weighted by Gasteiger charge is -2.26. The van der Waals surface area contributed by atoms with Crippen LogP contribution in [0, 0.1) is 0 Å². The van der Waals surface area contributed by atoms with Gasteiger partial charge in [0.05, 0.1) is 6.26 Å². The van der Waals surface area contributed by atoms with E-state index < -0.39 is 10.0 Å². The quantitative estimate of drug-likeness (QED) is 0.588. The molecule has 0 saturated carbocycles. The molecule has 2 aromatic rings. The number of hydrogen-bond donors (Lipinski definition) is 1. The average molecular weight is 439 g/mol. The van der Waals surface area contributed by atoms with E-state index in [2.05, 4.69) is 23.5 Å². The highest BCUT2D eigenvalue weighted by Crippen LogP contribution is 2.16. The largest absolute Gasteiger partial charge is 0.492 e. The van der Waals surface area contributed by atoms with Crippen molar-refractivity contribution in [1.82, 2.24) is 14.0 Å². The van der Waals surface area contributed by atoms with Crippen LogP contribution in [-0.4, -0.2) is 54.4 Å². The molecular formula is C20H30N4O5S. The van der Waals surface area contributed by atoms with Crippen LogP contribution < -0.4 is 20.7 Å². The lowest BCUT2D eigenvalue weighted by molar-refractivity contribution is 0.177. The third-order valence-corrected chi connectivity index (χ3v) is 5.42. The van der Waals surface area contributed by atoms with E-state index >= 15 is 0 Å². The molecule has 0 radical (unpaired) electrons. The van der Waals surface area contributed by atoms with E-state index in [1.165, 1.54) is 17.7 Å². The standard InChI is InChI=1S/C20H30N4O5S/c1-15(2)24(11-10-17-14-19(25)23(4)20(26)22(17)3)12-13-29-18-8-6-16(7-9-18)21-30(5,27)28/h6-9,14-15,21H,10-13H2,1-5H3. The van der Waals surface area contributed by atoms with Crippen LogP contribution in [0.1, 0.15) is 19.5 Å². The number of nitrogens with zero attached hydrogens (tertiary/aromatic N) is 3. The van der Waals surface area contributed by atoms with Crippen molar-refractivity contribution in [2.45, 2.75) is 26.3 Å². The SMILES string of the molecule is CC(C)N(CCOc1ccc(NS(C)(=O)=O)cc1)CCc1cc(=O)n(C)c(=O)n1C. The van der Waals surface area contributed by atoms with Gasteiger partial charge in [-0.15, -0.1) is 0 Å². The summed E-state index contributed by atoms with van der Waals surface area (Å²) in [7, 11) is -0.171. The van der Waals surface area contributed by atoms with Crippen LogP contribution in [0.5, 0.6) is 5.75 Å². The Hall–Kier alpha value is -2.59. The molecule has 2 rings (SSSR count). The maximum atomic E-state index is 12.1. The van der Waals surface area contributed by atoms with Crippen LogP contribution in [0.4, 0.5) is 5.69 Å². The molecule has 1 heterocycles. The fourth-order valence-electron chi connectivity index (χ4n) is 3.02. The number of sulfonamides is 1. The van der Waals surface area contributed by atoms with Crippen LogP contribution in [0.25, 0.3) is 0 Å². The summed E-state index contributed by atoms with van der Waals surface area (Å²) in [5, 5.41) is 0. The second kappa shape index (κ2) is 9.94. The molecule has 0 atom stereocenters. The summed E-state index contributed by atoms with van der Waals surface area (Å²) in [4.78, 5) is 26.2. The third kappa shape index (κ3) is 6.74. The van der Waals surface area contributed by atoms with Gasteiger partial charge in [0.25, 0.3) is 5.56 Å². The predicted octanol–water partition coefficient (Wildman–Crippen LogP) is 0.787. The molecule has 9 nitrogen and oxygen atoms in total. The summed E-state index contributed by atoms with van der Waals surface area (Å²) < 4.78 is 33.3. The van der Waals surface area contributed by atoms with Crippen molar-refractivity contribution in [3.63, 3.8) is 0 Å². The Morgan fingerprint density at radius 3 is 2.27 bits per heavy atom. The normalized spacial score (nSPS) is 11.8. The second-order valence-electron chi connectivity index (χ2n) is 7.50. The fraction of sp³-hybridized carbons (Fsp3) is 0.500. The highest BCUT2D eigenvalue weighted by molar-refractivity contribution is 7.92.